The molecule has 0 amide bonds. The first-order valence-corrected chi connectivity index (χ1v) is 18.0. The van der Waals surface area contributed by atoms with Crippen molar-refractivity contribution >= 4 is 111 Å². The molecule has 0 spiro atoms. The van der Waals surface area contributed by atoms with Crippen LogP contribution >= 0.6 is 34.8 Å². The highest BCUT2D eigenvalue weighted by molar-refractivity contribution is 6.63. The number of rotatable bonds is 4. The van der Waals surface area contributed by atoms with E-state index in [1.165, 1.54) is 98.0 Å². The fourth-order valence-corrected chi connectivity index (χ4v) is 7.99. The van der Waals surface area contributed by atoms with Crippen LogP contribution < -0.4 is 0 Å². The minimum Gasteiger partial charge on any atom is -0.0874 e. The van der Waals surface area contributed by atoms with Crippen LogP contribution in [-0.2, 0) is 0 Å². The molecule has 0 aromatic heterocycles. The molecule has 238 valence electrons. The zero-order chi connectivity index (χ0) is 33.8. The van der Waals surface area contributed by atoms with Gasteiger partial charge in [-0.3, -0.25) is 0 Å². The summed E-state index contributed by atoms with van der Waals surface area (Å²) in [6.45, 7) is 0. The molecule has 0 aliphatic carbocycles. The van der Waals surface area contributed by atoms with E-state index in [2.05, 4.69) is 170 Å². The summed E-state index contributed by atoms with van der Waals surface area (Å²) < 4.78 is -0.750. The molecule has 10 aromatic rings. The number of hydrogen-bond donors (Lipinski definition) is 0. The highest BCUT2D eigenvalue weighted by atomic mass is 35.6. The summed E-state index contributed by atoms with van der Waals surface area (Å²) in [5, 5.41) is 15.6. The van der Waals surface area contributed by atoms with E-state index in [1.807, 2.05) is 0 Å². The Hall–Kier alpha value is -5.11. The van der Waals surface area contributed by atoms with E-state index in [0.29, 0.717) is 0 Å². The summed E-state index contributed by atoms with van der Waals surface area (Å²) in [5.74, 6) is 0. The van der Waals surface area contributed by atoms with Gasteiger partial charge in [0.25, 0.3) is 0 Å². The molecule has 0 atom stereocenters. The standard InChI is InChI=1S/C46H28.CHCl3/c1-3-9-29(10-4-1)45(39-27-23-35-19-17-31-13-7-15-33-21-25-37(39)43(35)41(31)33)46(30-11-5-2-6-12-30)40-28-24-36-20-18-32-14-8-16-34-22-26-38(40)44(36)42(32)34;2-1(3)4/h1-28H;1H/b46-45-;. The van der Waals surface area contributed by atoms with E-state index in [0.717, 1.165) is 0 Å². The maximum Gasteiger partial charge on any atom is 0.180 e. The predicted octanol–water partition coefficient (Wildman–Crippen LogP) is 14.5. The topological polar surface area (TPSA) is 0 Å². The van der Waals surface area contributed by atoms with Gasteiger partial charge < -0.3 is 0 Å². The van der Waals surface area contributed by atoms with Crippen molar-refractivity contribution in [1.82, 2.24) is 0 Å². The average Bonchev–Trinajstić information content (AvgIpc) is 3.16. The van der Waals surface area contributed by atoms with Crippen molar-refractivity contribution in [2.75, 3.05) is 0 Å². The van der Waals surface area contributed by atoms with Crippen LogP contribution in [0.5, 0.6) is 0 Å². The van der Waals surface area contributed by atoms with E-state index < -0.39 is 4.30 Å². The lowest BCUT2D eigenvalue weighted by atomic mass is 9.80. The van der Waals surface area contributed by atoms with Gasteiger partial charge in [-0.2, -0.15) is 0 Å². The molecular weight excluding hydrogens is 671 g/mol. The van der Waals surface area contributed by atoms with Gasteiger partial charge in [0.05, 0.1) is 0 Å². The van der Waals surface area contributed by atoms with E-state index in [9.17, 15) is 0 Å². The number of hydrogen-bond acceptors (Lipinski definition) is 0. The maximum atomic E-state index is 4.81. The van der Waals surface area contributed by atoms with E-state index >= 15 is 0 Å². The first-order valence-electron chi connectivity index (χ1n) is 16.7. The van der Waals surface area contributed by atoms with Crippen molar-refractivity contribution in [2.45, 2.75) is 4.30 Å². The van der Waals surface area contributed by atoms with Gasteiger partial charge >= 0.3 is 0 Å². The molecular formula is C47H29Cl3. The van der Waals surface area contributed by atoms with Crippen molar-refractivity contribution in [3.63, 3.8) is 0 Å². The van der Waals surface area contributed by atoms with Crippen LogP contribution in [0.3, 0.4) is 0 Å². The molecule has 0 heterocycles. The Labute approximate surface area is 305 Å². The minimum atomic E-state index is -0.750. The molecule has 0 N–H and O–H groups in total. The van der Waals surface area contributed by atoms with E-state index in [-0.39, 0.29) is 0 Å². The van der Waals surface area contributed by atoms with Gasteiger partial charge in [-0.05, 0) is 98.0 Å². The number of alkyl halides is 3. The lowest BCUT2D eigenvalue weighted by molar-refractivity contribution is 1.54. The molecule has 0 fully saturated rings. The second kappa shape index (κ2) is 12.7. The molecule has 3 heteroatoms. The predicted molar refractivity (Wildman–Crippen MR) is 220 cm³/mol. The lowest BCUT2D eigenvalue weighted by Gasteiger charge is -2.22. The second-order valence-corrected chi connectivity index (χ2v) is 14.6. The normalized spacial score (nSPS) is 12.4. The third kappa shape index (κ3) is 5.15. The molecule has 50 heavy (non-hydrogen) atoms. The zero-order valence-electron chi connectivity index (χ0n) is 26.9. The summed E-state index contributed by atoms with van der Waals surface area (Å²) >= 11 is 14.4. The summed E-state index contributed by atoms with van der Waals surface area (Å²) in [6.07, 6.45) is 0. The summed E-state index contributed by atoms with van der Waals surface area (Å²) in [7, 11) is 0. The SMILES string of the molecule is ClC(Cl)Cl.c1ccc(/C(=C(\c2ccccc2)c2ccc3ccc4cccc5ccc2c3c45)c2ccc3ccc4cccc5ccc2c3c45)cc1. The molecule has 0 saturated carbocycles. The number of halogens is 3. The molecule has 10 rings (SSSR count). The van der Waals surface area contributed by atoms with E-state index in [4.69, 9.17) is 34.8 Å². The highest BCUT2D eigenvalue weighted by Crippen LogP contribution is 2.46. The average molecular weight is 700 g/mol. The zero-order valence-corrected chi connectivity index (χ0v) is 29.1. The van der Waals surface area contributed by atoms with Crippen molar-refractivity contribution in [3.05, 3.63) is 192 Å². The largest absolute Gasteiger partial charge is 0.180 e. The highest BCUT2D eigenvalue weighted by Gasteiger charge is 2.22. The monoisotopic (exact) mass is 698 g/mol. The molecule has 0 unspecified atom stereocenters. The Morgan fingerprint density at radius 3 is 0.960 bits per heavy atom. The first kappa shape index (κ1) is 30.9. The summed E-state index contributed by atoms with van der Waals surface area (Å²) in [5.41, 5.74) is 7.42. The second-order valence-electron chi connectivity index (χ2n) is 12.7. The third-order valence-electron chi connectivity index (χ3n) is 9.97. The molecule has 0 aliphatic heterocycles. The fourth-order valence-electron chi connectivity index (χ4n) is 7.99. The van der Waals surface area contributed by atoms with E-state index in [1.54, 1.807) is 0 Å². The van der Waals surface area contributed by atoms with Crippen molar-refractivity contribution in [3.8, 4) is 0 Å². The van der Waals surface area contributed by atoms with Crippen LogP contribution in [0.15, 0.2) is 170 Å². The molecule has 10 aromatic carbocycles. The third-order valence-corrected chi connectivity index (χ3v) is 9.97. The van der Waals surface area contributed by atoms with Crippen LogP contribution in [0.4, 0.5) is 0 Å². The van der Waals surface area contributed by atoms with Crippen LogP contribution in [0.1, 0.15) is 22.3 Å². The molecule has 0 radical (unpaired) electrons. The lowest BCUT2D eigenvalue weighted by Crippen LogP contribution is -2.00. The maximum absolute atomic E-state index is 4.81. The summed E-state index contributed by atoms with van der Waals surface area (Å²) in [6, 6.07) is 63.0. The van der Waals surface area contributed by atoms with Gasteiger partial charge in [0.1, 0.15) is 0 Å². The molecule has 0 bridgehead atoms. The quantitative estimate of drug-likeness (QED) is 0.0974. The van der Waals surface area contributed by atoms with Gasteiger partial charge in [-0.25, -0.2) is 0 Å². The van der Waals surface area contributed by atoms with Gasteiger partial charge in [0.2, 0.25) is 0 Å². The minimum absolute atomic E-state index is 0.750. The van der Waals surface area contributed by atoms with Gasteiger partial charge in [0, 0.05) is 0 Å². The fraction of sp³-hybridized carbons (Fsp3) is 0.0213. The van der Waals surface area contributed by atoms with Crippen LogP contribution in [0.25, 0.3) is 75.8 Å². The Bertz CT molecular complexity index is 2610. The molecule has 0 nitrogen and oxygen atoms in total. The van der Waals surface area contributed by atoms with Crippen molar-refractivity contribution in [1.29, 1.82) is 0 Å². The van der Waals surface area contributed by atoms with Crippen LogP contribution in [-0.4, -0.2) is 4.30 Å². The Morgan fingerprint density at radius 2 is 0.600 bits per heavy atom. The van der Waals surface area contributed by atoms with Gasteiger partial charge in [-0.15, -0.1) is 0 Å². The number of benzene rings is 10. The molecule has 0 saturated heterocycles. The smallest absolute Gasteiger partial charge is 0.0874 e. The first-order chi connectivity index (χ1) is 24.6. The Morgan fingerprint density at radius 1 is 0.300 bits per heavy atom. The van der Waals surface area contributed by atoms with Gasteiger partial charge in [-0.1, -0.05) is 205 Å². The Balaban J connectivity index is 0.000000801. The Kier molecular flexibility index (Phi) is 7.82. The van der Waals surface area contributed by atoms with Crippen molar-refractivity contribution in [2.24, 2.45) is 0 Å². The van der Waals surface area contributed by atoms with Crippen LogP contribution in [0.2, 0.25) is 0 Å². The van der Waals surface area contributed by atoms with Gasteiger partial charge in [0.15, 0.2) is 4.30 Å². The molecule has 0 aliphatic rings. The summed E-state index contributed by atoms with van der Waals surface area (Å²) in [4.78, 5) is 0. The van der Waals surface area contributed by atoms with Crippen LogP contribution in [0, 0.1) is 0 Å². The van der Waals surface area contributed by atoms with Crippen molar-refractivity contribution < 1.29 is 0 Å².